The Morgan fingerprint density at radius 3 is 2.54 bits per heavy atom. The molecule has 1 heterocycles. The van der Waals surface area contributed by atoms with Gasteiger partial charge in [0.05, 0.1) is 5.54 Å². The lowest BCUT2D eigenvalue weighted by Gasteiger charge is -2.30. The van der Waals surface area contributed by atoms with Gasteiger partial charge in [0.15, 0.2) is 11.0 Å². The third kappa shape index (κ3) is 4.58. The summed E-state index contributed by atoms with van der Waals surface area (Å²) in [4.78, 5) is 19.7. The second-order valence-electron chi connectivity index (χ2n) is 7.34. The first kappa shape index (κ1) is 20.5. The summed E-state index contributed by atoms with van der Waals surface area (Å²) in [5.74, 6) is 1.10. The van der Waals surface area contributed by atoms with E-state index in [1.54, 1.807) is 11.8 Å². The van der Waals surface area contributed by atoms with Gasteiger partial charge in [0.25, 0.3) is 0 Å². The summed E-state index contributed by atoms with van der Waals surface area (Å²) >= 11 is 1.60. The number of benzene rings is 2. The summed E-state index contributed by atoms with van der Waals surface area (Å²) < 4.78 is 0. The minimum absolute atomic E-state index is 0.135. The zero-order chi connectivity index (χ0) is 20.1. The number of nitrogens with zero attached hydrogens (tertiary/aromatic N) is 2. The van der Waals surface area contributed by atoms with Crippen molar-refractivity contribution in [2.75, 3.05) is 23.7 Å². The smallest absolute Gasteiger partial charge is 0.167 e. The van der Waals surface area contributed by atoms with Crippen molar-refractivity contribution in [1.82, 2.24) is 0 Å². The minimum Gasteiger partial charge on any atom is -0.379 e. The second kappa shape index (κ2) is 8.82. The third-order valence-electron chi connectivity index (χ3n) is 5.43. The number of aliphatic imine (C=N–C) groups is 1. The van der Waals surface area contributed by atoms with Crippen LogP contribution in [0, 0.1) is 0 Å². The average Bonchev–Trinajstić information content (AvgIpc) is 2.69. The molecule has 0 aromatic heterocycles. The molecular weight excluding hydrogens is 366 g/mol. The molecule has 148 valence electrons. The molecule has 0 bridgehead atoms. The fourth-order valence-electron chi connectivity index (χ4n) is 3.65. The molecule has 1 aliphatic heterocycles. The predicted molar refractivity (Wildman–Crippen MR) is 121 cm³/mol. The first-order chi connectivity index (χ1) is 13.4. The molecule has 0 saturated carbocycles. The van der Waals surface area contributed by atoms with Gasteiger partial charge in [-0.3, -0.25) is 9.79 Å². The standard InChI is InChI=1S/C23H29N3OS/c1-4-26(5-2)20-11-9-18(10-12-20)21(27)16-17-7-6-8-19(15-17)23(3)13-14-28-22(24)25-23/h6-12,15H,4-5,13-14,16H2,1-3H3,(H2,24,25). The Kier molecular flexibility index (Phi) is 6.45. The van der Waals surface area contributed by atoms with E-state index in [2.05, 4.69) is 42.8 Å². The number of hydrogen-bond acceptors (Lipinski definition) is 5. The van der Waals surface area contributed by atoms with Gasteiger partial charge in [-0.2, -0.15) is 0 Å². The Labute approximate surface area is 172 Å². The van der Waals surface area contributed by atoms with E-state index >= 15 is 0 Å². The molecule has 2 N–H and O–H groups in total. The number of anilines is 1. The highest BCUT2D eigenvalue weighted by molar-refractivity contribution is 8.13. The van der Waals surface area contributed by atoms with Crippen molar-refractivity contribution < 1.29 is 4.79 Å². The summed E-state index contributed by atoms with van der Waals surface area (Å²) in [5.41, 5.74) is 9.69. The van der Waals surface area contributed by atoms with Crippen LogP contribution in [0.3, 0.4) is 0 Å². The van der Waals surface area contributed by atoms with Gasteiger partial charge in [-0.15, -0.1) is 0 Å². The van der Waals surface area contributed by atoms with Crippen LogP contribution in [0.25, 0.3) is 0 Å². The number of ketones is 1. The third-order valence-corrected chi connectivity index (χ3v) is 6.22. The number of hydrogen-bond donors (Lipinski definition) is 1. The van der Waals surface area contributed by atoms with E-state index in [0.29, 0.717) is 11.6 Å². The Bertz CT molecular complexity index is 858. The zero-order valence-corrected chi connectivity index (χ0v) is 17.8. The molecule has 0 aliphatic carbocycles. The van der Waals surface area contributed by atoms with Crippen LogP contribution < -0.4 is 10.6 Å². The van der Waals surface area contributed by atoms with Gasteiger partial charge < -0.3 is 10.6 Å². The zero-order valence-electron chi connectivity index (χ0n) is 16.9. The summed E-state index contributed by atoms with van der Waals surface area (Å²) in [6.07, 6.45) is 1.34. The van der Waals surface area contributed by atoms with E-state index in [9.17, 15) is 4.79 Å². The van der Waals surface area contributed by atoms with E-state index in [0.717, 1.165) is 47.6 Å². The number of rotatable bonds is 7. The first-order valence-corrected chi connectivity index (χ1v) is 10.9. The maximum atomic E-state index is 12.8. The van der Waals surface area contributed by atoms with Gasteiger partial charge in [-0.25, -0.2) is 0 Å². The molecule has 0 fully saturated rings. The summed E-state index contributed by atoms with van der Waals surface area (Å²) in [5, 5.41) is 0.642. The summed E-state index contributed by atoms with van der Waals surface area (Å²) in [7, 11) is 0. The Hall–Kier alpha value is -2.27. The largest absolute Gasteiger partial charge is 0.379 e. The fraction of sp³-hybridized carbons (Fsp3) is 0.391. The van der Waals surface area contributed by atoms with Crippen molar-refractivity contribution in [1.29, 1.82) is 0 Å². The molecule has 28 heavy (non-hydrogen) atoms. The van der Waals surface area contributed by atoms with Crippen molar-refractivity contribution in [3.05, 3.63) is 65.2 Å². The van der Waals surface area contributed by atoms with E-state index in [1.165, 1.54) is 0 Å². The Balaban J connectivity index is 1.75. The second-order valence-corrected chi connectivity index (χ2v) is 8.46. The van der Waals surface area contributed by atoms with Crippen LogP contribution in [-0.2, 0) is 12.0 Å². The fourth-order valence-corrected chi connectivity index (χ4v) is 4.62. The van der Waals surface area contributed by atoms with Gasteiger partial charge in [-0.1, -0.05) is 36.0 Å². The molecular formula is C23H29N3OS. The van der Waals surface area contributed by atoms with Crippen molar-refractivity contribution in [3.8, 4) is 0 Å². The molecule has 1 atom stereocenters. The number of Topliss-reactive ketones (excluding diaryl/α,β-unsaturated/α-hetero) is 1. The highest BCUT2D eigenvalue weighted by atomic mass is 32.2. The van der Waals surface area contributed by atoms with Crippen molar-refractivity contribution >= 4 is 28.4 Å². The number of thioether (sulfide) groups is 1. The van der Waals surface area contributed by atoms with Crippen molar-refractivity contribution in [3.63, 3.8) is 0 Å². The predicted octanol–water partition coefficient (Wildman–Crippen LogP) is 4.63. The molecule has 4 nitrogen and oxygen atoms in total. The van der Waals surface area contributed by atoms with Gasteiger partial charge >= 0.3 is 0 Å². The molecule has 2 aromatic carbocycles. The number of carbonyl (C=O) groups is 1. The highest BCUT2D eigenvalue weighted by Crippen LogP contribution is 2.35. The maximum Gasteiger partial charge on any atom is 0.167 e. The lowest BCUT2D eigenvalue weighted by atomic mass is 9.88. The van der Waals surface area contributed by atoms with Gasteiger partial charge in [0.1, 0.15) is 0 Å². The normalized spacial score (nSPS) is 19.2. The molecule has 0 radical (unpaired) electrons. The summed E-state index contributed by atoms with van der Waals surface area (Å²) in [6.45, 7) is 8.31. The van der Waals surface area contributed by atoms with Crippen LogP contribution in [0.4, 0.5) is 5.69 Å². The van der Waals surface area contributed by atoms with Crippen LogP contribution in [0.1, 0.15) is 48.7 Å². The monoisotopic (exact) mass is 395 g/mol. The van der Waals surface area contributed by atoms with E-state index in [4.69, 9.17) is 5.73 Å². The minimum atomic E-state index is -0.306. The average molecular weight is 396 g/mol. The number of nitrogens with two attached hydrogens (primary N) is 1. The van der Waals surface area contributed by atoms with Crippen LogP contribution >= 0.6 is 11.8 Å². The Morgan fingerprint density at radius 2 is 1.89 bits per heavy atom. The molecule has 3 rings (SSSR count). The van der Waals surface area contributed by atoms with E-state index in [1.807, 2.05) is 36.4 Å². The topological polar surface area (TPSA) is 58.7 Å². The van der Waals surface area contributed by atoms with Crippen molar-refractivity contribution in [2.24, 2.45) is 10.7 Å². The van der Waals surface area contributed by atoms with Gasteiger partial charge in [0.2, 0.25) is 0 Å². The van der Waals surface area contributed by atoms with Crippen LogP contribution in [0.2, 0.25) is 0 Å². The van der Waals surface area contributed by atoms with Gasteiger partial charge in [-0.05, 0) is 62.6 Å². The van der Waals surface area contributed by atoms with Crippen LogP contribution in [0.5, 0.6) is 0 Å². The van der Waals surface area contributed by atoms with Crippen molar-refractivity contribution in [2.45, 2.75) is 39.2 Å². The molecule has 0 saturated heterocycles. The number of amidine groups is 1. The van der Waals surface area contributed by atoms with Gasteiger partial charge in [0, 0.05) is 36.5 Å². The maximum absolute atomic E-state index is 12.8. The number of carbonyl (C=O) groups excluding carboxylic acids is 1. The van der Waals surface area contributed by atoms with Crippen LogP contribution in [0.15, 0.2) is 53.5 Å². The quantitative estimate of drug-likeness (QED) is 0.695. The first-order valence-electron chi connectivity index (χ1n) is 9.91. The highest BCUT2D eigenvalue weighted by Gasteiger charge is 2.29. The molecule has 0 amide bonds. The molecule has 0 spiro atoms. The Morgan fingerprint density at radius 1 is 1.18 bits per heavy atom. The van der Waals surface area contributed by atoms with Crippen LogP contribution in [-0.4, -0.2) is 29.8 Å². The SMILES string of the molecule is CCN(CC)c1ccc(C(=O)Cc2cccc(C3(C)CCSC(N)=N3)c2)cc1. The lowest BCUT2D eigenvalue weighted by molar-refractivity contribution is 0.0993. The van der Waals surface area contributed by atoms with E-state index in [-0.39, 0.29) is 11.3 Å². The summed E-state index contributed by atoms with van der Waals surface area (Å²) in [6, 6.07) is 16.2. The lowest BCUT2D eigenvalue weighted by Crippen LogP contribution is -2.28. The molecule has 1 unspecified atom stereocenters. The molecule has 5 heteroatoms. The molecule has 1 aliphatic rings. The van der Waals surface area contributed by atoms with E-state index < -0.39 is 0 Å². The molecule has 2 aromatic rings.